The minimum absolute atomic E-state index is 0.0171. The van der Waals surface area contributed by atoms with E-state index in [-0.39, 0.29) is 35.4 Å². The monoisotopic (exact) mass is 550 g/mol. The second kappa shape index (κ2) is 11.1. The summed E-state index contributed by atoms with van der Waals surface area (Å²) in [5, 5.41) is 0.0744. The van der Waals surface area contributed by atoms with Crippen molar-refractivity contribution < 1.29 is 32.2 Å². The van der Waals surface area contributed by atoms with Crippen LogP contribution >= 0.6 is 11.6 Å². The van der Waals surface area contributed by atoms with Gasteiger partial charge in [0.25, 0.3) is 0 Å². The van der Waals surface area contributed by atoms with Crippen LogP contribution < -0.4 is 14.2 Å². The van der Waals surface area contributed by atoms with Crippen molar-refractivity contribution in [2.75, 3.05) is 59.2 Å². The summed E-state index contributed by atoms with van der Waals surface area (Å²) in [7, 11) is -3.98. The first-order chi connectivity index (χ1) is 17.9. The molecule has 1 amide bonds. The van der Waals surface area contributed by atoms with Gasteiger partial charge in [0, 0.05) is 50.1 Å². The first kappa shape index (κ1) is 26.1. The Hall–Kier alpha value is -2.53. The normalized spacial score (nSPS) is 22.5. The van der Waals surface area contributed by atoms with Gasteiger partial charge in [-0.05, 0) is 25.0 Å². The van der Waals surface area contributed by atoms with Crippen molar-refractivity contribution in [3.8, 4) is 17.2 Å². The van der Waals surface area contributed by atoms with E-state index in [2.05, 4.69) is 0 Å². The maximum atomic E-state index is 13.8. The van der Waals surface area contributed by atoms with E-state index >= 15 is 0 Å². The number of rotatable bonds is 7. The maximum absolute atomic E-state index is 13.8. The lowest BCUT2D eigenvalue weighted by atomic mass is 9.78. The molecule has 200 valence electrons. The van der Waals surface area contributed by atoms with Gasteiger partial charge in [-0.3, -0.25) is 4.79 Å². The number of carbonyl (C=O) groups is 1. The summed E-state index contributed by atoms with van der Waals surface area (Å²) in [6.45, 7) is 3.46. The number of hydrogen-bond donors (Lipinski definition) is 0. The molecular weight excluding hydrogens is 520 g/mol. The summed E-state index contributed by atoms with van der Waals surface area (Å²) < 4.78 is 51.8. The van der Waals surface area contributed by atoms with E-state index in [4.69, 9.17) is 30.5 Å². The Kier molecular flexibility index (Phi) is 7.80. The van der Waals surface area contributed by atoms with Crippen molar-refractivity contribution in [1.82, 2.24) is 9.21 Å². The number of halogens is 1. The number of benzene rings is 2. The summed E-state index contributed by atoms with van der Waals surface area (Å²) in [6, 6.07) is 12.3. The molecule has 3 aliphatic rings. The molecule has 2 aromatic carbocycles. The second-order valence-electron chi connectivity index (χ2n) is 9.64. The fourth-order valence-corrected chi connectivity index (χ4v) is 7.16. The molecule has 0 aromatic heterocycles. The molecule has 1 atom stereocenters. The zero-order chi connectivity index (χ0) is 25.9. The molecule has 0 bridgehead atoms. The van der Waals surface area contributed by atoms with E-state index in [1.165, 1.54) is 16.4 Å². The Morgan fingerprint density at radius 1 is 1.00 bits per heavy atom. The number of morpholine rings is 1. The molecule has 0 saturated carbocycles. The molecule has 3 heterocycles. The fraction of sp³-hybridized carbons (Fsp3) is 0.500. The smallest absolute Gasteiger partial charge is 0.244 e. The van der Waals surface area contributed by atoms with Gasteiger partial charge in [0.1, 0.15) is 23.9 Å². The van der Waals surface area contributed by atoms with Gasteiger partial charge in [-0.15, -0.1) is 0 Å². The molecule has 0 radical (unpaired) electrons. The molecule has 5 rings (SSSR count). The van der Waals surface area contributed by atoms with Crippen molar-refractivity contribution in [1.29, 1.82) is 0 Å². The van der Waals surface area contributed by atoms with Crippen LogP contribution in [0.4, 0.5) is 0 Å². The second-order valence-corrected chi connectivity index (χ2v) is 12.0. The molecule has 3 aliphatic heterocycles. The highest BCUT2D eigenvalue weighted by molar-refractivity contribution is 7.89. The average molecular weight is 551 g/mol. The molecule has 2 fully saturated rings. The molecule has 9 nitrogen and oxygen atoms in total. The van der Waals surface area contributed by atoms with Crippen molar-refractivity contribution in [3.63, 3.8) is 0 Å². The van der Waals surface area contributed by atoms with Crippen molar-refractivity contribution in [2.45, 2.75) is 24.2 Å². The number of nitrogens with zero attached hydrogens (tertiary/aromatic N) is 2. The topological polar surface area (TPSA) is 94.6 Å². The molecule has 2 saturated heterocycles. The van der Waals surface area contributed by atoms with Crippen LogP contribution in [-0.4, -0.2) is 82.7 Å². The van der Waals surface area contributed by atoms with Gasteiger partial charge in [0.15, 0.2) is 11.5 Å². The van der Waals surface area contributed by atoms with E-state index in [9.17, 15) is 13.2 Å². The van der Waals surface area contributed by atoms with Crippen LogP contribution in [0.5, 0.6) is 17.2 Å². The number of para-hydroxylation sites is 1. The number of hydrogen-bond acceptors (Lipinski definition) is 7. The highest BCUT2D eigenvalue weighted by Crippen LogP contribution is 2.41. The maximum Gasteiger partial charge on any atom is 0.244 e. The number of fused-ring (bicyclic) bond motifs is 1. The molecule has 11 heteroatoms. The van der Waals surface area contributed by atoms with Crippen molar-refractivity contribution >= 4 is 27.5 Å². The molecule has 0 spiro atoms. The van der Waals surface area contributed by atoms with E-state index in [0.29, 0.717) is 76.2 Å². The van der Waals surface area contributed by atoms with Crippen LogP contribution in [0.15, 0.2) is 47.4 Å². The number of piperidine rings is 1. The van der Waals surface area contributed by atoms with Gasteiger partial charge in [-0.25, -0.2) is 8.42 Å². The molecule has 0 aliphatic carbocycles. The van der Waals surface area contributed by atoms with Crippen LogP contribution in [0.1, 0.15) is 19.3 Å². The van der Waals surface area contributed by atoms with E-state index in [1.54, 1.807) is 4.90 Å². The molecule has 37 heavy (non-hydrogen) atoms. The van der Waals surface area contributed by atoms with Gasteiger partial charge in [-0.1, -0.05) is 29.8 Å². The summed E-state index contributed by atoms with van der Waals surface area (Å²) in [6.07, 6.45) is 1.44. The third-order valence-corrected chi connectivity index (χ3v) is 9.33. The van der Waals surface area contributed by atoms with Gasteiger partial charge in [0.2, 0.25) is 15.9 Å². The lowest BCUT2D eigenvalue weighted by Crippen LogP contribution is -2.51. The lowest BCUT2D eigenvalue weighted by molar-refractivity contribution is -0.139. The average Bonchev–Trinajstić information content (AvgIpc) is 2.92. The Morgan fingerprint density at radius 3 is 2.43 bits per heavy atom. The predicted octanol–water partition coefficient (Wildman–Crippen LogP) is 3.21. The van der Waals surface area contributed by atoms with Crippen LogP contribution in [0.25, 0.3) is 0 Å². The van der Waals surface area contributed by atoms with E-state index < -0.39 is 15.4 Å². The first-order valence-corrected chi connectivity index (χ1v) is 14.3. The molecule has 2 aromatic rings. The highest BCUT2D eigenvalue weighted by atomic mass is 35.5. The number of sulfonamides is 1. The molecule has 0 unspecified atom stereocenters. The fourth-order valence-electron chi connectivity index (χ4n) is 5.06. The highest BCUT2D eigenvalue weighted by Gasteiger charge is 2.44. The number of ether oxygens (including phenoxy) is 4. The number of amides is 1. The zero-order valence-electron chi connectivity index (χ0n) is 20.6. The van der Waals surface area contributed by atoms with Gasteiger partial charge >= 0.3 is 0 Å². The van der Waals surface area contributed by atoms with Crippen LogP contribution in [0.2, 0.25) is 5.02 Å². The molecular formula is C26H31ClN2O7S. The minimum Gasteiger partial charge on any atom is -0.493 e. The SMILES string of the molecule is O=C(C[C@]1(COc2ccccc2)CCCN(S(=O)(=O)c2cc3c(cc2Cl)OCCO3)C1)N1CCOCC1. The summed E-state index contributed by atoms with van der Waals surface area (Å²) in [4.78, 5) is 15.1. The summed E-state index contributed by atoms with van der Waals surface area (Å²) in [5.74, 6) is 1.44. The standard InChI is InChI=1S/C26H31ClN2O7S/c27-21-15-22-23(35-14-13-34-22)16-24(21)37(31,32)29-8-4-7-26(18-29,19-36-20-5-2-1-3-6-20)17-25(30)28-9-11-33-12-10-28/h1-3,5-6,15-16H,4,7-14,17-19H2/t26-/m1/s1. The third kappa shape index (κ3) is 5.82. The zero-order valence-corrected chi connectivity index (χ0v) is 22.1. The van der Waals surface area contributed by atoms with Gasteiger partial charge in [-0.2, -0.15) is 4.31 Å². The Morgan fingerprint density at radius 2 is 1.70 bits per heavy atom. The van der Waals surface area contributed by atoms with Gasteiger partial charge in [0.05, 0.1) is 24.8 Å². The van der Waals surface area contributed by atoms with Crippen LogP contribution in [0, 0.1) is 5.41 Å². The van der Waals surface area contributed by atoms with Gasteiger partial charge < -0.3 is 23.8 Å². The van der Waals surface area contributed by atoms with E-state index in [0.717, 1.165) is 0 Å². The Balaban J connectivity index is 1.41. The Labute approximate surface area is 222 Å². The summed E-state index contributed by atoms with van der Waals surface area (Å²) >= 11 is 6.42. The van der Waals surface area contributed by atoms with E-state index in [1.807, 2.05) is 30.3 Å². The first-order valence-electron chi connectivity index (χ1n) is 12.5. The Bertz CT molecular complexity index is 1220. The number of carbonyl (C=O) groups excluding carboxylic acids is 1. The van der Waals surface area contributed by atoms with Crippen LogP contribution in [0.3, 0.4) is 0 Å². The summed E-state index contributed by atoms with van der Waals surface area (Å²) in [5.41, 5.74) is -0.698. The van der Waals surface area contributed by atoms with Crippen molar-refractivity contribution in [3.05, 3.63) is 47.5 Å². The minimum atomic E-state index is -3.98. The quantitative estimate of drug-likeness (QED) is 0.522. The molecule has 0 N–H and O–H groups in total. The van der Waals surface area contributed by atoms with Crippen LogP contribution in [-0.2, 0) is 19.6 Å². The predicted molar refractivity (Wildman–Crippen MR) is 137 cm³/mol. The lowest BCUT2D eigenvalue weighted by Gasteiger charge is -2.42. The largest absolute Gasteiger partial charge is 0.493 e. The third-order valence-electron chi connectivity index (χ3n) is 7.02. The van der Waals surface area contributed by atoms with Crippen molar-refractivity contribution in [2.24, 2.45) is 5.41 Å².